The van der Waals surface area contributed by atoms with Crippen LogP contribution < -0.4 is 0 Å². The van der Waals surface area contributed by atoms with Gasteiger partial charge in [-0.3, -0.25) is 14.5 Å². The normalized spacial score (nSPS) is 15.1. The lowest BCUT2D eigenvalue weighted by Crippen LogP contribution is -2.27. The van der Waals surface area contributed by atoms with Gasteiger partial charge in [-0.25, -0.2) is 0 Å². The van der Waals surface area contributed by atoms with Crippen LogP contribution in [0.2, 0.25) is 0 Å². The molecular weight excluding hydrogens is 274 g/mol. The maximum absolute atomic E-state index is 12.6. The Morgan fingerprint density at radius 1 is 0.773 bits per heavy atom. The Labute approximate surface area is 129 Å². The second kappa shape index (κ2) is 5.60. The van der Waals surface area contributed by atoms with Gasteiger partial charge in [-0.2, -0.15) is 0 Å². The lowest BCUT2D eigenvalue weighted by atomic mass is 9.83. The van der Waals surface area contributed by atoms with Crippen LogP contribution in [0.25, 0.3) is 0 Å². The van der Waals surface area contributed by atoms with Crippen LogP contribution in [0.3, 0.4) is 0 Å². The van der Waals surface area contributed by atoms with Crippen LogP contribution >= 0.6 is 0 Å². The van der Waals surface area contributed by atoms with E-state index in [2.05, 4.69) is 0 Å². The fourth-order valence-electron chi connectivity index (χ4n) is 2.96. The summed E-state index contributed by atoms with van der Waals surface area (Å²) in [6, 6.07) is 19.7. The van der Waals surface area contributed by atoms with Crippen molar-refractivity contribution in [3.63, 3.8) is 0 Å². The van der Waals surface area contributed by atoms with Gasteiger partial charge in [-0.05, 0) is 18.1 Å². The fraction of sp³-hybridized carbons (Fsp3) is 0.158. The predicted octanol–water partition coefficient (Wildman–Crippen LogP) is 3.13. The van der Waals surface area contributed by atoms with Crippen molar-refractivity contribution < 1.29 is 9.59 Å². The molecule has 0 unspecified atom stereocenters. The molecule has 1 aliphatic heterocycles. The van der Waals surface area contributed by atoms with Gasteiger partial charge in [0, 0.05) is 24.1 Å². The number of carbonyl (C=O) groups is 2. The van der Waals surface area contributed by atoms with Gasteiger partial charge in [-0.1, -0.05) is 60.7 Å². The zero-order valence-corrected chi connectivity index (χ0v) is 12.6. The van der Waals surface area contributed by atoms with Crippen molar-refractivity contribution in [3.05, 3.63) is 82.9 Å². The molecule has 0 saturated carbocycles. The third-order valence-electron chi connectivity index (χ3n) is 4.12. The van der Waals surface area contributed by atoms with Crippen LogP contribution in [-0.4, -0.2) is 23.8 Å². The maximum Gasteiger partial charge on any atom is 0.257 e. The topological polar surface area (TPSA) is 37.4 Å². The molecule has 0 radical (unpaired) electrons. The summed E-state index contributed by atoms with van der Waals surface area (Å²) in [5.74, 6) is -0.638. The number of hydrogen-bond acceptors (Lipinski definition) is 2. The Morgan fingerprint density at radius 2 is 1.23 bits per heavy atom. The number of imide groups is 1. The average Bonchev–Trinajstić information content (AvgIpc) is 2.75. The van der Waals surface area contributed by atoms with Crippen LogP contribution in [0, 0.1) is 0 Å². The summed E-state index contributed by atoms with van der Waals surface area (Å²) in [5, 5.41) is 0. The third-order valence-corrected chi connectivity index (χ3v) is 4.12. The van der Waals surface area contributed by atoms with Gasteiger partial charge in [0.25, 0.3) is 11.8 Å². The standard InChI is InChI=1S/C19H17NO2/c1-13-16(19(22)20(2)18(13)21)17(14-9-5-3-6-10-14)15-11-7-4-8-12-15/h3-12,17H,1-2H3. The number of hydrogen-bond donors (Lipinski definition) is 0. The van der Waals surface area contributed by atoms with Crippen LogP contribution in [-0.2, 0) is 9.59 Å². The van der Waals surface area contributed by atoms with Gasteiger partial charge >= 0.3 is 0 Å². The molecule has 0 aliphatic carbocycles. The Hall–Kier alpha value is -2.68. The number of benzene rings is 2. The summed E-state index contributed by atoms with van der Waals surface area (Å²) in [4.78, 5) is 25.9. The van der Waals surface area contributed by atoms with E-state index in [0.717, 1.165) is 11.1 Å². The number of nitrogens with zero attached hydrogens (tertiary/aromatic N) is 1. The molecule has 110 valence electrons. The first kappa shape index (κ1) is 14.3. The van der Waals surface area contributed by atoms with E-state index in [1.165, 1.54) is 11.9 Å². The van der Waals surface area contributed by atoms with E-state index < -0.39 is 0 Å². The van der Waals surface area contributed by atoms with E-state index in [1.807, 2.05) is 60.7 Å². The Balaban J connectivity index is 2.20. The second-order valence-electron chi connectivity index (χ2n) is 5.46. The largest absolute Gasteiger partial charge is 0.278 e. The summed E-state index contributed by atoms with van der Waals surface area (Å²) in [6.45, 7) is 1.73. The molecule has 0 bridgehead atoms. The van der Waals surface area contributed by atoms with Crippen molar-refractivity contribution in [3.8, 4) is 0 Å². The molecule has 0 spiro atoms. The van der Waals surface area contributed by atoms with Crippen molar-refractivity contribution in [1.29, 1.82) is 0 Å². The smallest absolute Gasteiger partial charge is 0.257 e. The molecule has 22 heavy (non-hydrogen) atoms. The van der Waals surface area contributed by atoms with Crippen LogP contribution in [0.1, 0.15) is 24.0 Å². The SMILES string of the molecule is CC1=C(C(c2ccccc2)c2ccccc2)C(=O)N(C)C1=O. The molecule has 3 heteroatoms. The molecule has 1 heterocycles. The Morgan fingerprint density at radius 3 is 1.59 bits per heavy atom. The molecule has 1 aliphatic rings. The van der Waals surface area contributed by atoms with Gasteiger partial charge < -0.3 is 0 Å². The van der Waals surface area contributed by atoms with E-state index in [1.54, 1.807) is 6.92 Å². The van der Waals surface area contributed by atoms with Crippen molar-refractivity contribution in [1.82, 2.24) is 4.90 Å². The quantitative estimate of drug-likeness (QED) is 0.815. The first-order chi connectivity index (χ1) is 10.6. The molecule has 3 nitrogen and oxygen atoms in total. The third kappa shape index (κ3) is 2.25. The maximum atomic E-state index is 12.6. The zero-order valence-electron chi connectivity index (χ0n) is 12.6. The lowest BCUT2D eigenvalue weighted by molar-refractivity contribution is -0.136. The minimum absolute atomic E-state index is 0.208. The van der Waals surface area contributed by atoms with E-state index in [-0.39, 0.29) is 17.7 Å². The molecule has 2 aromatic rings. The first-order valence-corrected chi connectivity index (χ1v) is 7.24. The van der Waals surface area contributed by atoms with E-state index in [0.29, 0.717) is 11.1 Å². The molecular formula is C19H17NO2. The van der Waals surface area contributed by atoms with Gasteiger partial charge in [0.2, 0.25) is 0 Å². The van der Waals surface area contributed by atoms with Crippen molar-refractivity contribution in [2.24, 2.45) is 0 Å². The Kier molecular flexibility index (Phi) is 3.63. The minimum Gasteiger partial charge on any atom is -0.278 e. The molecule has 3 rings (SSSR count). The van der Waals surface area contributed by atoms with E-state index >= 15 is 0 Å². The number of rotatable bonds is 3. The molecule has 0 atom stereocenters. The molecule has 2 aromatic carbocycles. The van der Waals surface area contributed by atoms with Crippen molar-refractivity contribution in [2.45, 2.75) is 12.8 Å². The van der Waals surface area contributed by atoms with E-state index in [9.17, 15) is 9.59 Å². The summed E-state index contributed by atoms with van der Waals surface area (Å²) in [7, 11) is 1.54. The molecule has 2 amide bonds. The Bertz CT molecular complexity index is 708. The van der Waals surface area contributed by atoms with Crippen LogP contribution in [0.15, 0.2) is 71.8 Å². The summed E-state index contributed by atoms with van der Waals surface area (Å²) in [5.41, 5.74) is 3.13. The molecule has 0 saturated heterocycles. The van der Waals surface area contributed by atoms with Gasteiger partial charge in [0.1, 0.15) is 0 Å². The fourth-order valence-corrected chi connectivity index (χ4v) is 2.96. The number of carbonyl (C=O) groups excluding carboxylic acids is 2. The summed E-state index contributed by atoms with van der Waals surface area (Å²) in [6.07, 6.45) is 0. The first-order valence-electron chi connectivity index (χ1n) is 7.24. The highest BCUT2D eigenvalue weighted by Crippen LogP contribution is 2.37. The van der Waals surface area contributed by atoms with Crippen molar-refractivity contribution in [2.75, 3.05) is 7.05 Å². The minimum atomic E-state index is -0.219. The monoisotopic (exact) mass is 291 g/mol. The zero-order chi connectivity index (χ0) is 15.7. The number of amides is 2. The summed E-state index contributed by atoms with van der Waals surface area (Å²) < 4.78 is 0. The highest BCUT2D eigenvalue weighted by Gasteiger charge is 2.38. The van der Waals surface area contributed by atoms with Gasteiger partial charge in [-0.15, -0.1) is 0 Å². The predicted molar refractivity (Wildman–Crippen MR) is 85.2 cm³/mol. The van der Waals surface area contributed by atoms with E-state index in [4.69, 9.17) is 0 Å². The highest BCUT2D eigenvalue weighted by atomic mass is 16.2. The average molecular weight is 291 g/mol. The highest BCUT2D eigenvalue weighted by molar-refractivity contribution is 6.19. The van der Waals surface area contributed by atoms with Crippen LogP contribution in [0.5, 0.6) is 0 Å². The lowest BCUT2D eigenvalue weighted by Gasteiger charge is -2.19. The van der Waals surface area contributed by atoms with Gasteiger partial charge in [0.15, 0.2) is 0 Å². The second-order valence-corrected chi connectivity index (χ2v) is 5.46. The van der Waals surface area contributed by atoms with Crippen molar-refractivity contribution >= 4 is 11.8 Å². The van der Waals surface area contributed by atoms with Gasteiger partial charge in [0.05, 0.1) is 0 Å². The molecule has 0 fully saturated rings. The molecule has 0 aromatic heterocycles. The van der Waals surface area contributed by atoms with Crippen LogP contribution in [0.4, 0.5) is 0 Å². The summed E-state index contributed by atoms with van der Waals surface area (Å²) >= 11 is 0. The molecule has 0 N–H and O–H groups in total. The number of likely N-dealkylation sites (N-methyl/N-ethyl adjacent to an activating group) is 1.